The second-order valence-corrected chi connectivity index (χ2v) is 4.01. The first-order chi connectivity index (χ1) is 7.52. The molecule has 16 heavy (non-hydrogen) atoms. The largest absolute Gasteiger partial charge is 0.465 e. The van der Waals surface area contributed by atoms with Gasteiger partial charge in [-0.15, -0.1) is 0 Å². The Balaban J connectivity index is 2.75. The van der Waals surface area contributed by atoms with E-state index in [-0.39, 0.29) is 0 Å². The number of hydrogen-bond donors (Lipinski definition) is 1. The maximum atomic E-state index is 10.9. The summed E-state index contributed by atoms with van der Waals surface area (Å²) in [7, 11) is 3.37. The molecular weight excluding hydrogens is 228 g/mol. The lowest BCUT2D eigenvalue weighted by Gasteiger charge is -2.14. The molecule has 0 spiro atoms. The highest BCUT2D eigenvalue weighted by Gasteiger charge is 2.15. The average molecular weight is 239 g/mol. The van der Waals surface area contributed by atoms with Gasteiger partial charge in [0.05, 0.1) is 16.2 Å². The van der Waals surface area contributed by atoms with Gasteiger partial charge < -0.3 is 9.67 Å². The quantitative estimate of drug-likeness (QED) is 0.830. The van der Waals surface area contributed by atoms with Crippen LogP contribution in [0.5, 0.6) is 0 Å². The third-order valence-corrected chi connectivity index (χ3v) is 2.88. The number of rotatable bonds is 1. The van der Waals surface area contributed by atoms with Gasteiger partial charge in [0.15, 0.2) is 0 Å². The van der Waals surface area contributed by atoms with Crippen molar-refractivity contribution < 1.29 is 9.90 Å². The normalized spacial score (nSPS) is 10.7. The van der Waals surface area contributed by atoms with E-state index in [1.165, 1.54) is 7.05 Å². The minimum Gasteiger partial charge on any atom is -0.465 e. The molecule has 2 aromatic rings. The Kier molecular flexibility index (Phi) is 2.52. The van der Waals surface area contributed by atoms with Crippen molar-refractivity contribution in [3.8, 4) is 0 Å². The molecule has 0 saturated heterocycles. The standard InChI is InChI=1S/C11H11ClN2O2/c1-13-6-7(12)10-8(13)4-3-5-9(10)14(2)11(15)16/h3-6H,1-2H3,(H,15,16). The van der Waals surface area contributed by atoms with Crippen LogP contribution >= 0.6 is 11.6 Å². The van der Waals surface area contributed by atoms with Gasteiger partial charge in [0.25, 0.3) is 0 Å². The number of amides is 1. The van der Waals surface area contributed by atoms with Crippen LogP contribution in [0.3, 0.4) is 0 Å². The van der Waals surface area contributed by atoms with Crippen LogP contribution in [0.1, 0.15) is 0 Å². The zero-order valence-corrected chi connectivity index (χ0v) is 9.69. The van der Waals surface area contributed by atoms with Gasteiger partial charge in [0.1, 0.15) is 0 Å². The van der Waals surface area contributed by atoms with Gasteiger partial charge in [-0.2, -0.15) is 0 Å². The second-order valence-electron chi connectivity index (χ2n) is 3.60. The van der Waals surface area contributed by atoms with Crippen molar-refractivity contribution in [1.29, 1.82) is 0 Å². The SMILES string of the molecule is CN(C(=O)O)c1cccc2c1c(Cl)cn2C. The number of nitrogens with zero attached hydrogens (tertiary/aromatic N) is 2. The number of benzene rings is 1. The molecule has 1 aromatic heterocycles. The molecule has 0 aliphatic heterocycles. The summed E-state index contributed by atoms with van der Waals surface area (Å²) in [4.78, 5) is 12.1. The maximum absolute atomic E-state index is 10.9. The number of aromatic nitrogens is 1. The van der Waals surface area contributed by atoms with Crippen molar-refractivity contribution in [2.24, 2.45) is 7.05 Å². The van der Waals surface area contributed by atoms with E-state index < -0.39 is 6.09 Å². The van der Waals surface area contributed by atoms with Crippen molar-refractivity contribution in [1.82, 2.24) is 4.57 Å². The summed E-state index contributed by atoms with van der Waals surface area (Å²) < 4.78 is 1.87. The van der Waals surface area contributed by atoms with E-state index in [0.29, 0.717) is 10.7 Å². The predicted octanol–water partition coefficient (Wildman–Crippen LogP) is 2.95. The Bertz CT molecular complexity index is 562. The highest BCUT2D eigenvalue weighted by molar-refractivity contribution is 6.37. The van der Waals surface area contributed by atoms with Crippen LogP contribution in [-0.4, -0.2) is 22.8 Å². The molecular formula is C11H11ClN2O2. The lowest BCUT2D eigenvalue weighted by Crippen LogP contribution is -2.23. The molecule has 5 heteroatoms. The molecule has 0 unspecified atom stereocenters. The van der Waals surface area contributed by atoms with E-state index in [2.05, 4.69) is 0 Å². The topological polar surface area (TPSA) is 45.5 Å². The zero-order chi connectivity index (χ0) is 11.9. The molecule has 0 aliphatic rings. The smallest absolute Gasteiger partial charge is 0.411 e. The Morgan fingerprint density at radius 2 is 2.19 bits per heavy atom. The molecule has 2 rings (SSSR count). The molecule has 1 heterocycles. The third kappa shape index (κ3) is 1.51. The lowest BCUT2D eigenvalue weighted by atomic mass is 10.2. The summed E-state index contributed by atoms with van der Waals surface area (Å²) >= 11 is 6.09. The number of halogens is 1. The second kappa shape index (κ2) is 3.72. The zero-order valence-electron chi connectivity index (χ0n) is 8.94. The molecule has 4 nitrogen and oxygen atoms in total. The number of carboxylic acid groups (broad SMARTS) is 1. The fraction of sp³-hybridized carbons (Fsp3) is 0.182. The van der Waals surface area contributed by atoms with E-state index in [4.69, 9.17) is 16.7 Å². The van der Waals surface area contributed by atoms with Crippen LogP contribution in [0.4, 0.5) is 10.5 Å². The first kappa shape index (κ1) is 10.8. The summed E-state index contributed by atoms with van der Waals surface area (Å²) in [5.41, 5.74) is 1.51. The van der Waals surface area contributed by atoms with Crippen LogP contribution in [0, 0.1) is 0 Å². The molecule has 0 radical (unpaired) electrons. The molecule has 1 amide bonds. The van der Waals surface area contributed by atoms with Crippen LogP contribution in [0.15, 0.2) is 24.4 Å². The Labute approximate surface area is 97.6 Å². The third-order valence-electron chi connectivity index (χ3n) is 2.59. The summed E-state index contributed by atoms with van der Waals surface area (Å²) in [5.74, 6) is 0. The number of aryl methyl sites for hydroxylation is 1. The molecule has 0 bridgehead atoms. The highest BCUT2D eigenvalue weighted by atomic mass is 35.5. The molecule has 0 aliphatic carbocycles. The van der Waals surface area contributed by atoms with Crippen molar-refractivity contribution in [3.63, 3.8) is 0 Å². The highest BCUT2D eigenvalue weighted by Crippen LogP contribution is 2.33. The van der Waals surface area contributed by atoms with Gasteiger partial charge >= 0.3 is 6.09 Å². The Morgan fingerprint density at radius 3 is 2.81 bits per heavy atom. The van der Waals surface area contributed by atoms with Gasteiger partial charge in [-0.25, -0.2) is 4.79 Å². The molecule has 84 valence electrons. The monoisotopic (exact) mass is 238 g/mol. The summed E-state index contributed by atoms with van der Waals surface area (Å²) in [6, 6.07) is 5.45. The van der Waals surface area contributed by atoms with Crippen molar-refractivity contribution >= 4 is 34.3 Å². The fourth-order valence-corrected chi connectivity index (χ4v) is 2.09. The van der Waals surface area contributed by atoms with Gasteiger partial charge in [-0.3, -0.25) is 4.90 Å². The van der Waals surface area contributed by atoms with E-state index in [9.17, 15) is 4.79 Å². The van der Waals surface area contributed by atoms with Gasteiger partial charge in [-0.1, -0.05) is 17.7 Å². The first-order valence-corrected chi connectivity index (χ1v) is 5.10. The Hall–Kier alpha value is -1.68. The van der Waals surface area contributed by atoms with Gasteiger partial charge in [0.2, 0.25) is 0 Å². The van der Waals surface area contributed by atoms with E-state index in [1.54, 1.807) is 12.3 Å². The maximum Gasteiger partial charge on any atom is 0.411 e. The molecule has 1 aromatic carbocycles. The minimum absolute atomic E-state index is 0.557. The van der Waals surface area contributed by atoms with Gasteiger partial charge in [0, 0.05) is 25.7 Å². The lowest BCUT2D eigenvalue weighted by molar-refractivity contribution is 0.203. The predicted molar refractivity (Wildman–Crippen MR) is 64.4 cm³/mol. The van der Waals surface area contributed by atoms with Crippen LogP contribution in [-0.2, 0) is 7.05 Å². The fourth-order valence-electron chi connectivity index (χ4n) is 1.75. The molecule has 1 N–H and O–H groups in total. The number of fused-ring (bicyclic) bond motifs is 1. The van der Waals surface area contributed by atoms with E-state index >= 15 is 0 Å². The molecule has 0 fully saturated rings. The van der Waals surface area contributed by atoms with E-state index in [1.807, 2.05) is 23.7 Å². The number of anilines is 1. The van der Waals surface area contributed by atoms with Crippen molar-refractivity contribution in [2.75, 3.05) is 11.9 Å². The summed E-state index contributed by atoms with van der Waals surface area (Å²) in [6.07, 6.45) is 0.762. The summed E-state index contributed by atoms with van der Waals surface area (Å²) in [5, 5.41) is 10.3. The van der Waals surface area contributed by atoms with Crippen LogP contribution < -0.4 is 4.90 Å². The number of hydrogen-bond acceptors (Lipinski definition) is 1. The van der Waals surface area contributed by atoms with E-state index in [0.717, 1.165) is 15.8 Å². The first-order valence-electron chi connectivity index (χ1n) is 4.72. The van der Waals surface area contributed by atoms with Gasteiger partial charge in [-0.05, 0) is 12.1 Å². The molecule has 0 saturated carbocycles. The Morgan fingerprint density at radius 1 is 1.50 bits per heavy atom. The van der Waals surface area contributed by atoms with Crippen molar-refractivity contribution in [2.45, 2.75) is 0 Å². The minimum atomic E-state index is -1.01. The number of carbonyl (C=O) groups is 1. The van der Waals surface area contributed by atoms with Crippen LogP contribution in [0.25, 0.3) is 10.9 Å². The molecule has 0 atom stereocenters. The summed E-state index contributed by atoms with van der Waals surface area (Å²) in [6.45, 7) is 0. The average Bonchev–Trinajstić information content (AvgIpc) is 2.54. The van der Waals surface area contributed by atoms with Crippen LogP contribution in [0.2, 0.25) is 5.02 Å². The van der Waals surface area contributed by atoms with Crippen molar-refractivity contribution in [3.05, 3.63) is 29.4 Å².